The highest BCUT2D eigenvalue weighted by atomic mass is 127. The van der Waals surface area contributed by atoms with Crippen molar-refractivity contribution in [3.8, 4) is 5.75 Å². The van der Waals surface area contributed by atoms with Crippen molar-refractivity contribution >= 4 is 22.6 Å². The molecule has 1 aromatic rings. The van der Waals surface area contributed by atoms with Gasteiger partial charge in [0.05, 0.1) is 6.61 Å². The molecule has 0 spiro atoms. The summed E-state index contributed by atoms with van der Waals surface area (Å²) in [5.74, 6) is 1.57. The SMILES string of the molecule is CC(C)COc1ccc(CCI)cc1. The van der Waals surface area contributed by atoms with E-state index in [1.807, 2.05) is 0 Å². The van der Waals surface area contributed by atoms with Gasteiger partial charge >= 0.3 is 0 Å². The zero-order valence-corrected chi connectivity index (χ0v) is 11.0. The van der Waals surface area contributed by atoms with Crippen LogP contribution in [-0.4, -0.2) is 11.0 Å². The summed E-state index contributed by atoms with van der Waals surface area (Å²) in [5, 5.41) is 0. The Morgan fingerprint density at radius 3 is 2.36 bits per heavy atom. The maximum absolute atomic E-state index is 5.60. The lowest BCUT2D eigenvalue weighted by atomic mass is 10.2. The minimum Gasteiger partial charge on any atom is -0.493 e. The van der Waals surface area contributed by atoms with Crippen molar-refractivity contribution in [1.29, 1.82) is 0 Å². The topological polar surface area (TPSA) is 9.23 Å². The van der Waals surface area contributed by atoms with Crippen LogP contribution >= 0.6 is 22.6 Å². The zero-order valence-electron chi connectivity index (χ0n) is 8.79. The van der Waals surface area contributed by atoms with Crippen LogP contribution < -0.4 is 4.74 Å². The van der Waals surface area contributed by atoms with Crippen LogP contribution in [0.15, 0.2) is 24.3 Å². The van der Waals surface area contributed by atoms with Crippen molar-refractivity contribution in [2.75, 3.05) is 11.0 Å². The Labute approximate surface area is 100.0 Å². The van der Waals surface area contributed by atoms with Gasteiger partial charge in [-0.15, -0.1) is 0 Å². The first-order valence-corrected chi connectivity index (χ1v) is 6.52. The van der Waals surface area contributed by atoms with Crippen LogP contribution in [0.5, 0.6) is 5.75 Å². The fraction of sp³-hybridized carbons (Fsp3) is 0.500. The monoisotopic (exact) mass is 304 g/mol. The Morgan fingerprint density at radius 2 is 1.86 bits per heavy atom. The van der Waals surface area contributed by atoms with E-state index in [4.69, 9.17) is 4.74 Å². The average molecular weight is 304 g/mol. The van der Waals surface area contributed by atoms with Gasteiger partial charge in [-0.25, -0.2) is 0 Å². The predicted molar refractivity (Wildman–Crippen MR) is 69.4 cm³/mol. The zero-order chi connectivity index (χ0) is 10.4. The Morgan fingerprint density at radius 1 is 1.21 bits per heavy atom. The normalized spacial score (nSPS) is 10.6. The summed E-state index contributed by atoms with van der Waals surface area (Å²) in [5.41, 5.74) is 1.39. The van der Waals surface area contributed by atoms with Crippen molar-refractivity contribution < 1.29 is 4.74 Å². The van der Waals surface area contributed by atoms with Gasteiger partial charge in [0, 0.05) is 4.43 Å². The number of benzene rings is 1. The molecule has 14 heavy (non-hydrogen) atoms. The van der Waals surface area contributed by atoms with E-state index >= 15 is 0 Å². The molecule has 0 unspecified atom stereocenters. The second kappa shape index (κ2) is 6.27. The van der Waals surface area contributed by atoms with Crippen LogP contribution in [0, 0.1) is 5.92 Å². The predicted octanol–water partition coefficient (Wildman–Crippen LogP) is 3.70. The molecule has 0 saturated carbocycles. The molecule has 0 fully saturated rings. The van der Waals surface area contributed by atoms with Gasteiger partial charge in [-0.2, -0.15) is 0 Å². The summed E-state index contributed by atoms with van der Waals surface area (Å²) in [7, 11) is 0. The summed E-state index contributed by atoms with van der Waals surface area (Å²) >= 11 is 2.39. The lowest BCUT2D eigenvalue weighted by Crippen LogP contribution is -2.04. The molecular formula is C12H17IO. The van der Waals surface area contributed by atoms with Crippen molar-refractivity contribution in [3.05, 3.63) is 29.8 Å². The molecule has 0 aliphatic carbocycles. The van der Waals surface area contributed by atoms with Gasteiger partial charge in [-0.1, -0.05) is 48.6 Å². The van der Waals surface area contributed by atoms with E-state index in [0.717, 1.165) is 18.8 Å². The van der Waals surface area contributed by atoms with E-state index in [1.165, 1.54) is 9.99 Å². The van der Waals surface area contributed by atoms with Crippen LogP contribution in [0.25, 0.3) is 0 Å². The van der Waals surface area contributed by atoms with Crippen LogP contribution in [0.2, 0.25) is 0 Å². The van der Waals surface area contributed by atoms with Crippen LogP contribution in [0.4, 0.5) is 0 Å². The fourth-order valence-electron chi connectivity index (χ4n) is 1.12. The summed E-state index contributed by atoms with van der Waals surface area (Å²) in [4.78, 5) is 0. The Balaban J connectivity index is 2.46. The number of hydrogen-bond donors (Lipinski definition) is 0. The number of ether oxygens (including phenoxy) is 1. The third kappa shape index (κ3) is 4.31. The Hall–Kier alpha value is -0.250. The average Bonchev–Trinajstić information content (AvgIpc) is 2.17. The highest BCUT2D eigenvalue weighted by Gasteiger charge is 1.97. The second-order valence-corrected chi connectivity index (χ2v) is 4.87. The molecule has 2 heteroatoms. The largest absolute Gasteiger partial charge is 0.493 e. The quantitative estimate of drug-likeness (QED) is 0.595. The molecule has 0 atom stereocenters. The first kappa shape index (κ1) is 11.8. The molecule has 0 aliphatic heterocycles. The first-order valence-electron chi connectivity index (χ1n) is 5.00. The van der Waals surface area contributed by atoms with E-state index in [0.29, 0.717) is 5.92 Å². The second-order valence-electron chi connectivity index (χ2n) is 3.79. The number of hydrogen-bond acceptors (Lipinski definition) is 1. The number of aryl methyl sites for hydroxylation is 1. The summed E-state index contributed by atoms with van der Waals surface area (Å²) in [6.07, 6.45) is 1.14. The van der Waals surface area contributed by atoms with Gasteiger partial charge in [-0.05, 0) is 30.0 Å². The third-order valence-corrected chi connectivity index (χ3v) is 2.43. The molecule has 0 N–H and O–H groups in total. The third-order valence-electron chi connectivity index (χ3n) is 1.89. The van der Waals surface area contributed by atoms with Crippen LogP contribution in [0.1, 0.15) is 19.4 Å². The Bertz CT molecular complexity index is 254. The number of alkyl halides is 1. The van der Waals surface area contributed by atoms with E-state index < -0.39 is 0 Å². The first-order chi connectivity index (χ1) is 6.72. The lowest BCUT2D eigenvalue weighted by Gasteiger charge is -2.08. The van der Waals surface area contributed by atoms with Gasteiger partial charge in [0.15, 0.2) is 0 Å². The maximum atomic E-state index is 5.60. The number of halogens is 1. The minimum atomic E-state index is 0.587. The molecule has 0 aliphatic rings. The highest BCUT2D eigenvalue weighted by Crippen LogP contribution is 2.13. The molecule has 0 saturated heterocycles. The van der Waals surface area contributed by atoms with Gasteiger partial charge in [-0.3, -0.25) is 0 Å². The van der Waals surface area contributed by atoms with E-state index in [2.05, 4.69) is 60.7 Å². The molecule has 1 aromatic carbocycles. The van der Waals surface area contributed by atoms with Crippen LogP contribution in [-0.2, 0) is 6.42 Å². The standard InChI is InChI=1S/C12H17IO/c1-10(2)9-14-12-5-3-11(4-6-12)7-8-13/h3-6,10H,7-9H2,1-2H3. The van der Waals surface area contributed by atoms with Crippen molar-refractivity contribution in [2.45, 2.75) is 20.3 Å². The summed E-state index contributed by atoms with van der Waals surface area (Å²) in [6, 6.07) is 8.41. The smallest absolute Gasteiger partial charge is 0.119 e. The highest BCUT2D eigenvalue weighted by molar-refractivity contribution is 14.1. The molecule has 1 nitrogen and oxygen atoms in total. The molecule has 78 valence electrons. The maximum Gasteiger partial charge on any atom is 0.119 e. The fourth-order valence-corrected chi connectivity index (χ4v) is 1.75. The molecule has 1 rings (SSSR count). The lowest BCUT2D eigenvalue weighted by molar-refractivity contribution is 0.271. The molecular weight excluding hydrogens is 287 g/mol. The van der Waals surface area contributed by atoms with Gasteiger partial charge in [0.25, 0.3) is 0 Å². The van der Waals surface area contributed by atoms with Crippen molar-refractivity contribution in [3.63, 3.8) is 0 Å². The molecule has 0 amide bonds. The van der Waals surface area contributed by atoms with E-state index in [-0.39, 0.29) is 0 Å². The molecule has 0 bridgehead atoms. The van der Waals surface area contributed by atoms with E-state index in [9.17, 15) is 0 Å². The summed E-state index contributed by atoms with van der Waals surface area (Å²) < 4.78 is 6.77. The van der Waals surface area contributed by atoms with Gasteiger partial charge < -0.3 is 4.74 Å². The van der Waals surface area contributed by atoms with Crippen LogP contribution in [0.3, 0.4) is 0 Å². The Kier molecular flexibility index (Phi) is 5.30. The van der Waals surface area contributed by atoms with Crippen molar-refractivity contribution in [2.24, 2.45) is 5.92 Å². The summed E-state index contributed by atoms with van der Waals surface area (Å²) in [6.45, 7) is 5.11. The van der Waals surface area contributed by atoms with Gasteiger partial charge in [0.1, 0.15) is 5.75 Å². The molecule has 0 heterocycles. The number of rotatable bonds is 5. The van der Waals surface area contributed by atoms with Gasteiger partial charge in [0.2, 0.25) is 0 Å². The molecule has 0 aromatic heterocycles. The molecule has 0 radical (unpaired) electrons. The van der Waals surface area contributed by atoms with E-state index in [1.54, 1.807) is 0 Å². The minimum absolute atomic E-state index is 0.587. The van der Waals surface area contributed by atoms with Crippen molar-refractivity contribution in [1.82, 2.24) is 0 Å².